The van der Waals surface area contributed by atoms with Gasteiger partial charge >= 0.3 is 0 Å². The molecule has 6 nitrogen and oxygen atoms in total. The Bertz CT molecular complexity index is 511. The zero-order chi connectivity index (χ0) is 19.4. The SMILES string of the molecule is CNC(=O)C(O)[C@H](CCC(C)(F)F)NC(=O)[C@@H]1CC2(CCCCC2)CN1.Cl. The number of rotatable bonds is 7. The molecule has 2 fully saturated rings. The van der Waals surface area contributed by atoms with Gasteiger partial charge in [-0.05, 0) is 38.0 Å². The zero-order valence-corrected chi connectivity index (χ0v) is 16.8. The van der Waals surface area contributed by atoms with E-state index in [9.17, 15) is 23.5 Å². The van der Waals surface area contributed by atoms with E-state index in [4.69, 9.17) is 0 Å². The highest BCUT2D eigenvalue weighted by Gasteiger charge is 2.43. The second-order valence-electron chi connectivity index (χ2n) is 7.98. The Morgan fingerprint density at radius 2 is 1.93 bits per heavy atom. The number of nitrogens with one attached hydrogen (secondary N) is 3. The number of aliphatic hydroxyl groups excluding tert-OH is 1. The fraction of sp³-hybridized carbons (Fsp3) is 0.889. The smallest absolute Gasteiger partial charge is 0.250 e. The molecular weight excluding hydrogens is 380 g/mol. The zero-order valence-electron chi connectivity index (χ0n) is 16.0. The lowest BCUT2D eigenvalue weighted by Crippen LogP contribution is -2.53. The van der Waals surface area contributed by atoms with E-state index in [2.05, 4.69) is 16.0 Å². The Hall–Kier alpha value is -0.990. The number of amides is 2. The third kappa shape index (κ3) is 6.84. The number of halogens is 3. The minimum absolute atomic E-state index is 0. The van der Waals surface area contributed by atoms with Crippen LogP contribution < -0.4 is 16.0 Å². The number of carbonyl (C=O) groups excluding carboxylic acids is 2. The highest BCUT2D eigenvalue weighted by molar-refractivity contribution is 5.85. The minimum Gasteiger partial charge on any atom is -0.381 e. The van der Waals surface area contributed by atoms with E-state index in [0.29, 0.717) is 6.42 Å². The van der Waals surface area contributed by atoms with Crippen LogP contribution in [-0.2, 0) is 9.59 Å². The maximum absolute atomic E-state index is 13.2. The molecule has 1 spiro atoms. The number of alkyl halides is 2. The molecule has 1 unspecified atom stereocenters. The van der Waals surface area contributed by atoms with Gasteiger partial charge in [-0.3, -0.25) is 9.59 Å². The first-order valence-electron chi connectivity index (χ1n) is 9.47. The number of aliphatic hydroxyl groups is 1. The van der Waals surface area contributed by atoms with Gasteiger partial charge in [0.05, 0.1) is 12.1 Å². The highest BCUT2D eigenvalue weighted by Crippen LogP contribution is 2.42. The first-order valence-corrected chi connectivity index (χ1v) is 9.47. The summed E-state index contributed by atoms with van der Waals surface area (Å²) in [6.45, 7) is 1.56. The number of hydrogen-bond donors (Lipinski definition) is 4. The standard InChI is InChI=1S/C18H31F2N3O3.ClH/c1-17(19,20)9-6-12(14(24)16(26)21-2)23-15(25)13-10-18(11-22-13)7-4-3-5-8-18;/h12-14,22,24H,3-11H2,1-2H3,(H,21,26)(H,23,25);1H/t12-,13-,14?;/m0./s1. The molecule has 3 atom stereocenters. The van der Waals surface area contributed by atoms with Crippen LogP contribution in [0.1, 0.15) is 58.3 Å². The van der Waals surface area contributed by atoms with Crippen molar-refractivity contribution >= 4 is 24.2 Å². The fourth-order valence-corrected chi connectivity index (χ4v) is 4.12. The van der Waals surface area contributed by atoms with Gasteiger partial charge in [0.25, 0.3) is 5.91 Å². The van der Waals surface area contributed by atoms with E-state index >= 15 is 0 Å². The molecule has 1 aliphatic carbocycles. The predicted molar refractivity (Wildman–Crippen MR) is 101 cm³/mol. The summed E-state index contributed by atoms with van der Waals surface area (Å²) in [5.41, 5.74) is 0.144. The van der Waals surface area contributed by atoms with Crippen molar-refractivity contribution in [1.82, 2.24) is 16.0 Å². The van der Waals surface area contributed by atoms with Crippen molar-refractivity contribution in [2.75, 3.05) is 13.6 Å². The van der Waals surface area contributed by atoms with Crippen LogP contribution in [0.3, 0.4) is 0 Å². The molecule has 0 radical (unpaired) electrons. The van der Waals surface area contributed by atoms with Gasteiger partial charge in [0.1, 0.15) is 0 Å². The fourth-order valence-electron chi connectivity index (χ4n) is 4.12. The van der Waals surface area contributed by atoms with Crippen molar-refractivity contribution < 1.29 is 23.5 Å². The molecule has 1 saturated heterocycles. The molecule has 9 heteroatoms. The highest BCUT2D eigenvalue weighted by atomic mass is 35.5. The lowest BCUT2D eigenvalue weighted by atomic mass is 9.72. The topological polar surface area (TPSA) is 90.5 Å². The van der Waals surface area contributed by atoms with Crippen molar-refractivity contribution in [3.8, 4) is 0 Å². The van der Waals surface area contributed by atoms with Gasteiger partial charge in [-0.2, -0.15) is 0 Å². The number of likely N-dealkylation sites (N-methyl/N-ethyl adjacent to an activating group) is 1. The molecule has 1 saturated carbocycles. The van der Waals surface area contributed by atoms with Gasteiger partial charge in [0, 0.05) is 20.0 Å². The molecule has 158 valence electrons. The van der Waals surface area contributed by atoms with Gasteiger partial charge in [0.2, 0.25) is 11.8 Å². The first-order chi connectivity index (χ1) is 12.2. The molecule has 2 rings (SSSR count). The van der Waals surface area contributed by atoms with E-state index in [1.807, 2.05) is 0 Å². The molecule has 0 bridgehead atoms. The van der Waals surface area contributed by atoms with Crippen LogP contribution in [0.5, 0.6) is 0 Å². The van der Waals surface area contributed by atoms with E-state index in [0.717, 1.165) is 26.3 Å². The number of hydrogen-bond acceptors (Lipinski definition) is 4. The molecule has 1 heterocycles. The Balaban J connectivity index is 0.00000364. The van der Waals surface area contributed by atoms with E-state index in [1.165, 1.54) is 26.3 Å². The van der Waals surface area contributed by atoms with Crippen LogP contribution in [0, 0.1) is 5.41 Å². The van der Waals surface area contributed by atoms with Crippen molar-refractivity contribution in [2.24, 2.45) is 5.41 Å². The Morgan fingerprint density at radius 1 is 1.30 bits per heavy atom. The van der Waals surface area contributed by atoms with E-state index < -0.39 is 36.4 Å². The van der Waals surface area contributed by atoms with Gasteiger partial charge in [-0.1, -0.05) is 19.3 Å². The van der Waals surface area contributed by atoms with Gasteiger partial charge < -0.3 is 21.1 Å². The summed E-state index contributed by atoms with van der Waals surface area (Å²) in [7, 11) is 1.35. The Morgan fingerprint density at radius 3 is 2.48 bits per heavy atom. The summed E-state index contributed by atoms with van der Waals surface area (Å²) in [6, 6.07) is -1.45. The summed E-state index contributed by atoms with van der Waals surface area (Å²) in [5, 5.41) is 18.3. The van der Waals surface area contributed by atoms with Crippen LogP contribution >= 0.6 is 12.4 Å². The van der Waals surface area contributed by atoms with Gasteiger partial charge in [-0.25, -0.2) is 8.78 Å². The average Bonchev–Trinajstić information content (AvgIpc) is 3.00. The third-order valence-electron chi connectivity index (χ3n) is 5.71. The van der Waals surface area contributed by atoms with Crippen LogP contribution in [0.25, 0.3) is 0 Å². The quantitative estimate of drug-likeness (QED) is 0.513. The van der Waals surface area contributed by atoms with Gasteiger partial charge in [-0.15, -0.1) is 12.4 Å². The third-order valence-corrected chi connectivity index (χ3v) is 5.71. The summed E-state index contributed by atoms with van der Waals surface area (Å²) < 4.78 is 26.4. The van der Waals surface area contributed by atoms with Crippen LogP contribution in [0.15, 0.2) is 0 Å². The molecule has 0 aromatic heterocycles. The number of carbonyl (C=O) groups is 2. The van der Waals surface area contributed by atoms with Crippen LogP contribution in [-0.4, -0.2) is 54.6 Å². The Labute approximate surface area is 165 Å². The molecule has 0 aromatic carbocycles. The summed E-state index contributed by atoms with van der Waals surface area (Å²) in [4.78, 5) is 24.3. The minimum atomic E-state index is -2.93. The maximum atomic E-state index is 13.2. The lowest BCUT2D eigenvalue weighted by Gasteiger charge is -2.32. The largest absolute Gasteiger partial charge is 0.381 e. The van der Waals surface area contributed by atoms with E-state index in [-0.39, 0.29) is 30.2 Å². The maximum Gasteiger partial charge on any atom is 0.250 e. The molecule has 2 amide bonds. The molecule has 1 aliphatic heterocycles. The van der Waals surface area contributed by atoms with E-state index in [1.54, 1.807) is 0 Å². The molecule has 2 aliphatic rings. The first kappa shape index (κ1) is 24.0. The molecule has 4 N–H and O–H groups in total. The normalized spacial score (nSPS) is 24.0. The van der Waals surface area contributed by atoms with Crippen molar-refractivity contribution in [3.63, 3.8) is 0 Å². The summed E-state index contributed by atoms with van der Waals surface area (Å²) in [6.07, 6.45) is 4.20. The molecular formula is C18H32ClF2N3O3. The molecule has 27 heavy (non-hydrogen) atoms. The van der Waals surface area contributed by atoms with Crippen LogP contribution in [0.4, 0.5) is 8.78 Å². The monoisotopic (exact) mass is 411 g/mol. The second kappa shape index (κ2) is 9.98. The summed E-state index contributed by atoms with van der Waals surface area (Å²) >= 11 is 0. The van der Waals surface area contributed by atoms with Crippen molar-refractivity contribution in [3.05, 3.63) is 0 Å². The summed E-state index contributed by atoms with van der Waals surface area (Å²) in [5.74, 6) is -3.96. The Kier molecular flexibility index (Phi) is 8.89. The lowest BCUT2D eigenvalue weighted by molar-refractivity contribution is -0.132. The predicted octanol–water partition coefficient (Wildman–Crippen LogP) is 1.75. The van der Waals surface area contributed by atoms with Crippen molar-refractivity contribution in [1.29, 1.82) is 0 Å². The average molecular weight is 412 g/mol. The second-order valence-corrected chi connectivity index (χ2v) is 7.98. The van der Waals surface area contributed by atoms with Crippen molar-refractivity contribution in [2.45, 2.75) is 82.4 Å². The molecule has 0 aromatic rings. The van der Waals surface area contributed by atoms with Gasteiger partial charge in [0.15, 0.2) is 6.10 Å². The van der Waals surface area contributed by atoms with Crippen LogP contribution in [0.2, 0.25) is 0 Å².